The number of carboxylic acid groups (broad SMARTS) is 2. The van der Waals surface area contributed by atoms with Gasteiger partial charge in [0.25, 0.3) is 0 Å². The Morgan fingerprint density at radius 1 is 0.783 bits per heavy atom. The van der Waals surface area contributed by atoms with Crippen molar-refractivity contribution in [3.8, 4) is 0 Å². The average molecular weight is 532 g/mol. The van der Waals surface area contributed by atoms with Gasteiger partial charge in [-0.3, -0.25) is 18.7 Å². The van der Waals surface area contributed by atoms with Crippen molar-refractivity contribution in [1.29, 1.82) is 0 Å². The molecule has 0 heterocycles. The fourth-order valence-electron chi connectivity index (χ4n) is 0. The molecule has 19 heteroatoms. The van der Waals surface area contributed by atoms with Crippen molar-refractivity contribution in [1.82, 2.24) is 0 Å². The molecule has 0 unspecified atom stereocenters. The number of nitrogens with two attached hydrogens (primary N) is 2. The number of carbonyl (C=O) groups is 2. The van der Waals surface area contributed by atoms with E-state index in [0.29, 0.717) is 0 Å². The number of aliphatic carboxylic acids is 2. The molecule has 0 aliphatic rings. The van der Waals surface area contributed by atoms with Crippen LogP contribution in [0.4, 0.5) is 0 Å². The van der Waals surface area contributed by atoms with E-state index in [9.17, 15) is 9.59 Å². The van der Waals surface area contributed by atoms with Gasteiger partial charge in [-0.2, -0.15) is 8.42 Å². The summed E-state index contributed by atoms with van der Waals surface area (Å²) in [7, 11) is -4.67. The first-order valence-electron chi connectivity index (χ1n) is 4.21. The van der Waals surface area contributed by atoms with Crippen LogP contribution in [0.3, 0.4) is 0 Å². The minimum absolute atomic E-state index is 0.278. The molecule has 23 heavy (non-hydrogen) atoms. The first-order valence-corrected chi connectivity index (χ1v) is 11.2. The summed E-state index contributed by atoms with van der Waals surface area (Å²) in [4.78, 5) is 18.5. The van der Waals surface area contributed by atoms with Crippen LogP contribution in [0.1, 0.15) is 0 Å². The van der Waals surface area contributed by atoms with Crippen LogP contribution in [-0.4, -0.2) is 60.0 Å². The zero-order valence-corrected chi connectivity index (χ0v) is 16.0. The molecule has 0 saturated carbocycles. The van der Waals surface area contributed by atoms with E-state index in [4.69, 9.17) is 48.0 Å². The molecule has 0 aromatic carbocycles. The summed E-state index contributed by atoms with van der Waals surface area (Å²) >= 11 is -7.90. The average Bonchev–Trinajstić information content (AvgIpc) is 2.25. The molecule has 10 N–H and O–H groups in total. The fraction of sp³-hybridized carbons (Fsp3) is 0.500. The van der Waals surface area contributed by atoms with E-state index < -0.39 is 59.9 Å². The Morgan fingerprint density at radius 3 is 0.826 bits per heavy atom. The predicted molar refractivity (Wildman–Crippen MR) is 54.7 cm³/mol. The Hall–Kier alpha value is -0.669. The quantitative estimate of drug-likeness (QED) is 0.123. The van der Waals surface area contributed by atoms with Gasteiger partial charge < -0.3 is 21.7 Å². The number of hydrogen-bond donors (Lipinski definition) is 8. The van der Waals surface area contributed by atoms with Crippen LogP contribution in [0.2, 0.25) is 0 Å². The minimum atomic E-state index is -4.67. The summed E-state index contributed by atoms with van der Waals surface area (Å²) in [5.41, 5.74) is 9.14. The maximum atomic E-state index is 9.24. The monoisotopic (exact) mass is 532 g/mol. The standard InChI is InChI=1S/2C2H5NO2.2Nb.H2O4S.2H2O.4O/c2*3-1-2(4)5;;;1-5(2,3)4;;;;;;/h2*1,3H2,(H,4,5);;;(H2,1,2,3,4);2*1H2;;;;/q;;2*+1;;;;;;;/p-2. The van der Waals surface area contributed by atoms with E-state index in [0.717, 1.165) is 0 Å². The van der Waals surface area contributed by atoms with Crippen molar-refractivity contribution < 1.29 is 95.1 Å². The molecule has 0 aliphatic heterocycles. The van der Waals surface area contributed by atoms with Gasteiger partial charge in [0.1, 0.15) is 0 Å². The van der Waals surface area contributed by atoms with Crippen molar-refractivity contribution in [2.75, 3.05) is 13.1 Å². The number of carboxylic acids is 2. The normalized spacial score (nSPS) is 7.91. The molecule has 16 nitrogen and oxygen atoms in total. The molecule has 0 spiro atoms. The Labute approximate surface area is 141 Å². The van der Waals surface area contributed by atoms with Gasteiger partial charge in [-0.1, -0.05) is 0 Å². The number of hydrogen-bond acceptors (Lipinski definition) is 10. The topological polar surface area (TPSA) is 310 Å². The van der Waals surface area contributed by atoms with Crippen molar-refractivity contribution >= 4 is 22.3 Å². The zero-order chi connectivity index (χ0) is 20.2. The van der Waals surface area contributed by atoms with Crippen LogP contribution >= 0.6 is 0 Å². The third-order valence-corrected chi connectivity index (χ3v) is 0.349. The summed E-state index contributed by atoms with van der Waals surface area (Å²) < 4.78 is 80.7. The van der Waals surface area contributed by atoms with Gasteiger partial charge in [0.2, 0.25) is 0 Å². The molecule has 0 saturated heterocycles. The van der Waals surface area contributed by atoms with Crippen molar-refractivity contribution in [3.05, 3.63) is 0 Å². The van der Waals surface area contributed by atoms with Gasteiger partial charge in [-0.15, -0.1) is 0 Å². The van der Waals surface area contributed by atoms with Gasteiger partial charge in [0, 0.05) is 0 Å². The Kier molecular flexibility index (Phi) is 34.7. The molecule has 0 aromatic rings. The van der Waals surface area contributed by atoms with Crippen molar-refractivity contribution in [2.45, 2.75) is 0 Å². The first-order chi connectivity index (χ1) is 10.0. The fourth-order valence-corrected chi connectivity index (χ4v) is 0. The van der Waals surface area contributed by atoms with E-state index in [1.165, 1.54) is 0 Å². The molecule has 0 amide bonds. The van der Waals surface area contributed by atoms with Gasteiger partial charge >= 0.3 is 80.1 Å². The number of rotatable bonds is 2. The van der Waals surface area contributed by atoms with E-state index in [1.54, 1.807) is 0 Å². The summed E-state index contributed by atoms with van der Waals surface area (Å²) in [5, 5.41) is 15.2. The Morgan fingerprint density at radius 2 is 0.826 bits per heavy atom. The maximum absolute atomic E-state index is 9.24. The molecule has 0 aromatic heterocycles. The molecule has 0 atom stereocenters. The van der Waals surface area contributed by atoms with Crippen LogP contribution in [0.15, 0.2) is 0 Å². The van der Waals surface area contributed by atoms with Crippen LogP contribution in [-0.2, 0) is 70.6 Å². The third kappa shape index (κ3) is 719. The first kappa shape index (κ1) is 33.8. The summed E-state index contributed by atoms with van der Waals surface area (Å²) in [6.07, 6.45) is 0. The predicted octanol–water partition coefficient (Wildman–Crippen LogP) is -4.19. The Bertz CT molecular complexity index is 477. The summed E-state index contributed by atoms with van der Waals surface area (Å²) in [6.45, 7) is -0.556. The SMILES string of the molecule is NCC(=O)O.NCC(=O)O.O=S(=O)(O)O.[O]=[Nb](=[O])[OH].[O]=[Nb](=[O])[OH]. The second-order valence-corrected chi connectivity index (χ2v) is 5.35. The summed E-state index contributed by atoms with van der Waals surface area (Å²) in [5.74, 6) is -1.94. The van der Waals surface area contributed by atoms with Crippen LogP contribution in [0.25, 0.3) is 0 Å². The molecular formula is C4H14N2Nb2O14S. The molecule has 0 fully saturated rings. The molecule has 0 rings (SSSR count). The van der Waals surface area contributed by atoms with E-state index >= 15 is 0 Å². The van der Waals surface area contributed by atoms with E-state index in [1.807, 2.05) is 0 Å². The summed E-state index contributed by atoms with van der Waals surface area (Å²) in [6, 6.07) is 0. The molecular weight excluding hydrogens is 518 g/mol. The molecule has 0 aliphatic carbocycles. The van der Waals surface area contributed by atoms with Crippen LogP contribution < -0.4 is 11.5 Å². The third-order valence-electron chi connectivity index (χ3n) is 0.349. The van der Waals surface area contributed by atoms with Crippen LogP contribution in [0, 0.1) is 0 Å². The second kappa shape index (κ2) is 23.6. The molecule has 0 bridgehead atoms. The van der Waals surface area contributed by atoms with Crippen molar-refractivity contribution in [3.63, 3.8) is 0 Å². The van der Waals surface area contributed by atoms with Gasteiger partial charge in [-0.05, 0) is 0 Å². The molecule has 0 radical (unpaired) electrons. The van der Waals surface area contributed by atoms with Gasteiger partial charge in [0.05, 0.1) is 13.1 Å². The van der Waals surface area contributed by atoms with Gasteiger partial charge in [-0.25, -0.2) is 0 Å². The van der Waals surface area contributed by atoms with Crippen molar-refractivity contribution in [2.24, 2.45) is 11.5 Å². The zero-order valence-electron chi connectivity index (χ0n) is 10.8. The second-order valence-electron chi connectivity index (χ2n) is 2.12. The van der Waals surface area contributed by atoms with E-state index in [2.05, 4.69) is 11.5 Å². The van der Waals surface area contributed by atoms with Gasteiger partial charge in [0.15, 0.2) is 0 Å². The van der Waals surface area contributed by atoms with E-state index in [-0.39, 0.29) is 13.1 Å². The Balaban J connectivity index is -0.0000000589. The molecule has 140 valence electrons. The van der Waals surface area contributed by atoms with Crippen LogP contribution in [0.5, 0.6) is 0 Å².